The molecule has 5 nitrogen and oxygen atoms in total. The molecule has 2 aromatic heterocycles. The Morgan fingerprint density at radius 1 is 1.56 bits per heavy atom. The number of hydrogen-bond donors (Lipinski definition) is 1. The van der Waals surface area contributed by atoms with E-state index in [1.165, 1.54) is 12.3 Å². The van der Waals surface area contributed by atoms with Crippen molar-refractivity contribution in [2.75, 3.05) is 0 Å². The van der Waals surface area contributed by atoms with E-state index >= 15 is 0 Å². The highest BCUT2D eigenvalue weighted by Crippen LogP contribution is 2.19. The van der Waals surface area contributed by atoms with Crippen molar-refractivity contribution in [3.05, 3.63) is 30.1 Å². The number of rotatable bonds is 3. The van der Waals surface area contributed by atoms with Gasteiger partial charge in [0.25, 0.3) is 5.89 Å². The molecule has 0 saturated carbocycles. The van der Waals surface area contributed by atoms with Gasteiger partial charge < -0.3 is 10.3 Å². The molecule has 0 radical (unpaired) electrons. The van der Waals surface area contributed by atoms with Crippen molar-refractivity contribution in [3.63, 3.8) is 0 Å². The lowest BCUT2D eigenvalue weighted by molar-refractivity contribution is 0.418. The summed E-state index contributed by atoms with van der Waals surface area (Å²) in [6.45, 7) is 1.84. The zero-order valence-corrected chi connectivity index (χ0v) is 8.72. The molecule has 16 heavy (non-hydrogen) atoms. The van der Waals surface area contributed by atoms with Gasteiger partial charge in [0.15, 0.2) is 11.6 Å². The molecule has 2 rings (SSSR count). The van der Waals surface area contributed by atoms with Gasteiger partial charge in [-0.05, 0) is 13.0 Å². The molecular formula is C10H11FN4O. The maximum Gasteiger partial charge on any atom is 0.261 e. The van der Waals surface area contributed by atoms with Crippen LogP contribution >= 0.6 is 0 Å². The molecule has 84 valence electrons. The van der Waals surface area contributed by atoms with Crippen molar-refractivity contribution in [1.82, 2.24) is 15.1 Å². The van der Waals surface area contributed by atoms with E-state index in [1.54, 1.807) is 0 Å². The Morgan fingerprint density at radius 3 is 3.06 bits per heavy atom. The quantitative estimate of drug-likeness (QED) is 0.843. The number of hydrogen-bond acceptors (Lipinski definition) is 5. The third kappa shape index (κ3) is 2.22. The number of halogens is 1. The lowest BCUT2D eigenvalue weighted by Gasteiger charge is -1.97. The summed E-state index contributed by atoms with van der Waals surface area (Å²) in [5.74, 6) is 0.134. The fraction of sp³-hybridized carbons (Fsp3) is 0.300. The van der Waals surface area contributed by atoms with Crippen LogP contribution in [0.5, 0.6) is 0 Å². The fourth-order valence-electron chi connectivity index (χ4n) is 1.28. The Morgan fingerprint density at radius 2 is 2.38 bits per heavy atom. The van der Waals surface area contributed by atoms with Crippen molar-refractivity contribution in [3.8, 4) is 11.5 Å². The van der Waals surface area contributed by atoms with Gasteiger partial charge in [-0.3, -0.25) is 4.98 Å². The molecule has 0 aliphatic rings. The maximum absolute atomic E-state index is 13.3. The van der Waals surface area contributed by atoms with Crippen molar-refractivity contribution in [2.24, 2.45) is 5.73 Å². The van der Waals surface area contributed by atoms with Gasteiger partial charge in [-0.25, -0.2) is 4.39 Å². The summed E-state index contributed by atoms with van der Waals surface area (Å²) in [4.78, 5) is 7.70. The molecule has 0 amide bonds. The molecule has 0 fully saturated rings. The first-order valence-corrected chi connectivity index (χ1v) is 4.85. The van der Waals surface area contributed by atoms with E-state index in [4.69, 9.17) is 10.3 Å². The molecule has 0 aliphatic heterocycles. The van der Waals surface area contributed by atoms with Crippen LogP contribution in [0.1, 0.15) is 12.7 Å². The predicted octanol–water partition coefficient (Wildman–Crippen LogP) is 1.16. The van der Waals surface area contributed by atoms with Gasteiger partial charge in [-0.15, -0.1) is 0 Å². The van der Waals surface area contributed by atoms with Crippen LogP contribution in [-0.2, 0) is 6.42 Å². The topological polar surface area (TPSA) is 77.8 Å². The average Bonchev–Trinajstić information content (AvgIpc) is 2.66. The van der Waals surface area contributed by atoms with Gasteiger partial charge in [-0.1, -0.05) is 5.16 Å². The minimum atomic E-state index is -0.488. The summed E-state index contributed by atoms with van der Waals surface area (Å²) in [7, 11) is 0. The zero-order chi connectivity index (χ0) is 11.5. The van der Waals surface area contributed by atoms with Crippen molar-refractivity contribution in [2.45, 2.75) is 19.4 Å². The van der Waals surface area contributed by atoms with Crippen LogP contribution in [0.4, 0.5) is 4.39 Å². The van der Waals surface area contributed by atoms with Crippen molar-refractivity contribution >= 4 is 0 Å². The Balaban J connectivity index is 2.28. The Bertz CT molecular complexity index is 483. The number of nitrogens with zero attached hydrogens (tertiary/aromatic N) is 3. The molecular weight excluding hydrogens is 211 g/mol. The summed E-state index contributed by atoms with van der Waals surface area (Å²) in [5, 5.41) is 3.72. The molecule has 1 unspecified atom stereocenters. The van der Waals surface area contributed by atoms with E-state index in [0.29, 0.717) is 12.2 Å². The molecule has 0 aromatic carbocycles. The van der Waals surface area contributed by atoms with Crippen LogP contribution in [0.15, 0.2) is 23.0 Å². The van der Waals surface area contributed by atoms with E-state index < -0.39 is 5.82 Å². The fourth-order valence-corrected chi connectivity index (χ4v) is 1.28. The van der Waals surface area contributed by atoms with Gasteiger partial charge >= 0.3 is 0 Å². The van der Waals surface area contributed by atoms with Crippen LogP contribution < -0.4 is 5.73 Å². The first-order chi connectivity index (χ1) is 7.66. The predicted molar refractivity (Wildman–Crippen MR) is 54.8 cm³/mol. The summed E-state index contributed by atoms with van der Waals surface area (Å²) in [6.07, 6.45) is 3.06. The first kappa shape index (κ1) is 10.7. The number of aromatic nitrogens is 3. The van der Waals surface area contributed by atoms with Crippen LogP contribution in [0.25, 0.3) is 11.5 Å². The Kier molecular flexibility index (Phi) is 2.91. The number of nitrogens with two attached hydrogens (primary N) is 1. The summed E-state index contributed by atoms with van der Waals surface area (Å²) in [5.41, 5.74) is 5.85. The van der Waals surface area contributed by atoms with Gasteiger partial charge in [0, 0.05) is 18.7 Å². The third-order valence-electron chi connectivity index (χ3n) is 1.98. The highest BCUT2D eigenvalue weighted by molar-refractivity contribution is 5.52. The molecule has 0 spiro atoms. The summed E-state index contributed by atoms with van der Waals surface area (Å²) >= 11 is 0. The van der Waals surface area contributed by atoms with Gasteiger partial charge in [0.2, 0.25) is 0 Å². The first-order valence-electron chi connectivity index (χ1n) is 4.85. The molecule has 6 heteroatoms. The van der Waals surface area contributed by atoms with E-state index in [1.807, 2.05) is 6.92 Å². The van der Waals surface area contributed by atoms with E-state index in [0.717, 1.165) is 6.20 Å². The van der Waals surface area contributed by atoms with Crippen LogP contribution in [-0.4, -0.2) is 21.2 Å². The van der Waals surface area contributed by atoms with E-state index in [2.05, 4.69) is 15.1 Å². The normalized spacial score (nSPS) is 12.7. The van der Waals surface area contributed by atoms with Crippen molar-refractivity contribution < 1.29 is 8.91 Å². The second-order valence-electron chi connectivity index (χ2n) is 3.55. The maximum atomic E-state index is 13.3. The molecule has 2 N–H and O–H groups in total. The highest BCUT2D eigenvalue weighted by atomic mass is 19.1. The van der Waals surface area contributed by atoms with Crippen molar-refractivity contribution in [1.29, 1.82) is 0 Å². The molecule has 0 saturated heterocycles. The second-order valence-corrected chi connectivity index (χ2v) is 3.55. The molecule has 0 aliphatic carbocycles. The molecule has 2 aromatic rings. The molecule has 2 heterocycles. The SMILES string of the molecule is CC(N)Cc1noc(-c2ccncc2F)n1. The second kappa shape index (κ2) is 4.36. The minimum Gasteiger partial charge on any atom is -0.334 e. The lowest BCUT2D eigenvalue weighted by atomic mass is 10.2. The average molecular weight is 222 g/mol. The van der Waals surface area contributed by atoms with Crippen LogP contribution in [0, 0.1) is 5.82 Å². The highest BCUT2D eigenvalue weighted by Gasteiger charge is 2.13. The van der Waals surface area contributed by atoms with Gasteiger partial charge in [-0.2, -0.15) is 4.98 Å². The van der Waals surface area contributed by atoms with Crippen LogP contribution in [0.2, 0.25) is 0 Å². The summed E-state index contributed by atoms with van der Waals surface area (Å²) < 4.78 is 18.3. The van der Waals surface area contributed by atoms with Gasteiger partial charge in [0.05, 0.1) is 11.8 Å². The van der Waals surface area contributed by atoms with E-state index in [9.17, 15) is 4.39 Å². The number of pyridine rings is 1. The van der Waals surface area contributed by atoms with Crippen LogP contribution in [0.3, 0.4) is 0 Å². The largest absolute Gasteiger partial charge is 0.334 e. The summed E-state index contributed by atoms with van der Waals surface area (Å²) in [6, 6.07) is 1.42. The monoisotopic (exact) mass is 222 g/mol. The standard InChI is InChI=1S/C10H11FN4O/c1-6(12)4-9-14-10(16-15-9)7-2-3-13-5-8(7)11/h2-3,5-6H,4,12H2,1H3. The minimum absolute atomic E-state index is 0.0623. The zero-order valence-electron chi connectivity index (χ0n) is 8.72. The third-order valence-corrected chi connectivity index (χ3v) is 1.98. The Labute approximate surface area is 91.5 Å². The smallest absolute Gasteiger partial charge is 0.261 e. The molecule has 0 bridgehead atoms. The van der Waals surface area contributed by atoms with Gasteiger partial charge in [0.1, 0.15) is 0 Å². The Hall–Kier alpha value is -1.82. The van der Waals surface area contributed by atoms with E-state index in [-0.39, 0.29) is 17.5 Å². The lowest BCUT2D eigenvalue weighted by Crippen LogP contribution is -2.18. The molecule has 1 atom stereocenters.